The molecule has 0 aliphatic carbocycles. The molecule has 334 valence electrons. The van der Waals surface area contributed by atoms with Crippen LogP contribution in [0.4, 0.5) is 0 Å². The molecule has 2 atom stereocenters. The molecular formula is C46H92NO8P. The minimum absolute atomic E-state index is 0.0126. The molecule has 56 heavy (non-hydrogen) atoms. The van der Waals surface area contributed by atoms with Gasteiger partial charge in [0, 0.05) is 19.4 Å². The van der Waals surface area contributed by atoms with E-state index in [-0.39, 0.29) is 25.6 Å². The number of carbonyl (C=O) groups is 2. The molecule has 0 aromatic heterocycles. The van der Waals surface area contributed by atoms with Gasteiger partial charge >= 0.3 is 19.8 Å². The summed E-state index contributed by atoms with van der Waals surface area (Å²) in [5.41, 5.74) is 0. The lowest BCUT2D eigenvalue weighted by molar-refractivity contribution is -0.161. The first-order valence-corrected chi connectivity index (χ1v) is 25.3. The topological polar surface area (TPSA) is 112 Å². The third-order valence-corrected chi connectivity index (χ3v) is 11.6. The molecule has 9 nitrogen and oxygen atoms in total. The van der Waals surface area contributed by atoms with Crippen molar-refractivity contribution in [1.82, 2.24) is 4.90 Å². The predicted molar refractivity (Wildman–Crippen MR) is 234 cm³/mol. The number of rotatable bonds is 45. The van der Waals surface area contributed by atoms with Crippen LogP contribution < -0.4 is 0 Å². The van der Waals surface area contributed by atoms with Gasteiger partial charge in [-0.2, -0.15) is 0 Å². The molecule has 0 saturated heterocycles. The third-order valence-electron chi connectivity index (χ3n) is 10.7. The summed E-state index contributed by atoms with van der Waals surface area (Å²) < 4.78 is 33.5. The molecule has 0 heterocycles. The van der Waals surface area contributed by atoms with E-state index in [0.29, 0.717) is 13.0 Å². The van der Waals surface area contributed by atoms with Gasteiger partial charge in [0.15, 0.2) is 6.10 Å². The maximum absolute atomic E-state index is 12.7. The quantitative estimate of drug-likeness (QED) is 0.0365. The van der Waals surface area contributed by atoms with E-state index in [1.807, 2.05) is 19.0 Å². The molecule has 0 aromatic rings. The highest BCUT2D eigenvalue weighted by Crippen LogP contribution is 2.43. The number of nitrogens with zero attached hydrogens (tertiary/aromatic N) is 1. The molecule has 0 amide bonds. The van der Waals surface area contributed by atoms with Crippen LogP contribution in [0.3, 0.4) is 0 Å². The molecule has 0 bridgehead atoms. The van der Waals surface area contributed by atoms with Gasteiger partial charge in [-0.25, -0.2) is 4.57 Å². The molecule has 0 aromatic carbocycles. The van der Waals surface area contributed by atoms with E-state index in [1.165, 1.54) is 173 Å². The average molecular weight is 818 g/mol. The number of phosphoric ester groups is 1. The van der Waals surface area contributed by atoms with Crippen molar-refractivity contribution in [1.29, 1.82) is 0 Å². The fraction of sp³-hybridized carbons (Fsp3) is 0.957. The molecule has 0 radical (unpaired) electrons. The maximum Gasteiger partial charge on any atom is 0.472 e. The summed E-state index contributed by atoms with van der Waals surface area (Å²) in [5, 5.41) is 0. The fourth-order valence-electron chi connectivity index (χ4n) is 6.98. The van der Waals surface area contributed by atoms with E-state index in [1.54, 1.807) is 0 Å². The fourth-order valence-corrected chi connectivity index (χ4v) is 7.73. The number of hydrogen-bond donors (Lipinski definition) is 1. The summed E-state index contributed by atoms with van der Waals surface area (Å²) >= 11 is 0. The molecule has 0 spiro atoms. The standard InChI is InChI=1S/C46H92NO8P/c1-5-7-9-11-13-15-17-19-20-21-22-23-24-25-26-27-29-31-33-35-37-39-46(49)55-44(43-54-56(50,51)53-41-40-47(3)4)42-52-45(48)38-36-34-32-30-28-18-16-14-12-10-8-6-2/h44H,5-43H2,1-4H3,(H,50,51). The number of likely N-dealkylation sites (N-methyl/N-ethyl adjacent to an activating group) is 1. The van der Waals surface area contributed by atoms with Gasteiger partial charge in [-0.05, 0) is 26.9 Å². The molecular weight excluding hydrogens is 725 g/mol. The van der Waals surface area contributed by atoms with Crippen molar-refractivity contribution in [2.45, 2.75) is 245 Å². The number of phosphoric acid groups is 1. The first-order valence-electron chi connectivity index (χ1n) is 23.8. The lowest BCUT2D eigenvalue weighted by Gasteiger charge is -2.20. The molecule has 0 fully saturated rings. The summed E-state index contributed by atoms with van der Waals surface area (Å²) in [7, 11) is -0.696. The normalized spacial score (nSPS) is 13.2. The Morgan fingerprint density at radius 2 is 0.804 bits per heavy atom. The molecule has 0 saturated carbocycles. The van der Waals surface area contributed by atoms with Crippen LogP contribution in [0.15, 0.2) is 0 Å². The van der Waals surface area contributed by atoms with Crippen molar-refractivity contribution in [2.24, 2.45) is 0 Å². The van der Waals surface area contributed by atoms with Gasteiger partial charge in [0.25, 0.3) is 0 Å². The van der Waals surface area contributed by atoms with Gasteiger partial charge in [-0.3, -0.25) is 18.6 Å². The number of ether oxygens (including phenoxy) is 2. The highest BCUT2D eigenvalue weighted by atomic mass is 31.2. The lowest BCUT2D eigenvalue weighted by atomic mass is 10.0. The monoisotopic (exact) mass is 818 g/mol. The number of hydrogen-bond acceptors (Lipinski definition) is 8. The predicted octanol–water partition coefficient (Wildman–Crippen LogP) is 13.8. The number of unbranched alkanes of at least 4 members (excludes halogenated alkanes) is 31. The molecule has 10 heteroatoms. The van der Waals surface area contributed by atoms with Crippen LogP contribution in [0.5, 0.6) is 0 Å². The zero-order chi connectivity index (χ0) is 41.2. The molecule has 0 aliphatic rings. The van der Waals surface area contributed by atoms with Gasteiger partial charge in [-0.1, -0.05) is 213 Å². The van der Waals surface area contributed by atoms with Crippen LogP contribution in [0.2, 0.25) is 0 Å². The van der Waals surface area contributed by atoms with Crippen molar-refractivity contribution in [3.63, 3.8) is 0 Å². The van der Waals surface area contributed by atoms with Crippen LogP contribution in [0.25, 0.3) is 0 Å². The SMILES string of the molecule is CCCCCCCCCCCCCCCCCCCCCCCC(=O)OC(COC(=O)CCCCCCCCCCCCCC)COP(=O)(O)OCCN(C)C. The van der Waals surface area contributed by atoms with Gasteiger partial charge < -0.3 is 19.3 Å². The number of carbonyl (C=O) groups excluding carboxylic acids is 2. The van der Waals surface area contributed by atoms with Gasteiger partial charge in [-0.15, -0.1) is 0 Å². The van der Waals surface area contributed by atoms with Crippen molar-refractivity contribution in [3.8, 4) is 0 Å². The zero-order valence-corrected chi connectivity index (χ0v) is 38.2. The Morgan fingerprint density at radius 1 is 0.482 bits per heavy atom. The van der Waals surface area contributed by atoms with Crippen LogP contribution in [-0.4, -0.2) is 68.3 Å². The Bertz CT molecular complexity index is 904. The van der Waals surface area contributed by atoms with E-state index in [4.69, 9.17) is 18.5 Å². The summed E-state index contributed by atoms with van der Waals surface area (Å²) in [5.74, 6) is -0.786. The summed E-state index contributed by atoms with van der Waals surface area (Å²) in [4.78, 5) is 37.1. The third kappa shape index (κ3) is 42.6. The lowest BCUT2D eigenvalue weighted by Crippen LogP contribution is -2.29. The van der Waals surface area contributed by atoms with Crippen molar-refractivity contribution in [2.75, 3.05) is 40.5 Å². The first-order chi connectivity index (χ1) is 27.2. The smallest absolute Gasteiger partial charge is 0.462 e. The van der Waals surface area contributed by atoms with E-state index < -0.39 is 26.5 Å². The van der Waals surface area contributed by atoms with Crippen LogP contribution in [0, 0.1) is 0 Å². The zero-order valence-electron chi connectivity index (χ0n) is 37.4. The van der Waals surface area contributed by atoms with E-state index in [0.717, 1.165) is 38.5 Å². The maximum atomic E-state index is 12.7. The van der Waals surface area contributed by atoms with Crippen LogP contribution >= 0.6 is 7.82 Å². The van der Waals surface area contributed by atoms with Crippen LogP contribution in [-0.2, 0) is 32.7 Å². The second kappa shape index (κ2) is 42.1. The van der Waals surface area contributed by atoms with Gasteiger partial charge in [0.1, 0.15) is 6.61 Å². The average Bonchev–Trinajstić information content (AvgIpc) is 3.16. The van der Waals surface area contributed by atoms with Crippen LogP contribution in [0.1, 0.15) is 239 Å². The largest absolute Gasteiger partial charge is 0.472 e. The number of esters is 2. The molecule has 1 N–H and O–H groups in total. The van der Waals surface area contributed by atoms with Crippen molar-refractivity contribution >= 4 is 19.8 Å². The second-order valence-corrected chi connectivity index (χ2v) is 18.1. The molecule has 2 unspecified atom stereocenters. The van der Waals surface area contributed by atoms with E-state index in [2.05, 4.69) is 13.8 Å². The van der Waals surface area contributed by atoms with E-state index in [9.17, 15) is 19.0 Å². The minimum Gasteiger partial charge on any atom is -0.462 e. The Hall–Kier alpha value is -0.990. The highest BCUT2D eigenvalue weighted by molar-refractivity contribution is 7.47. The van der Waals surface area contributed by atoms with Crippen molar-refractivity contribution in [3.05, 3.63) is 0 Å². The molecule has 0 rings (SSSR count). The van der Waals surface area contributed by atoms with E-state index >= 15 is 0 Å². The second-order valence-electron chi connectivity index (χ2n) is 16.7. The van der Waals surface area contributed by atoms with Crippen molar-refractivity contribution < 1.29 is 37.6 Å². The summed E-state index contributed by atoms with van der Waals surface area (Å²) in [6.45, 7) is 4.37. The molecule has 0 aliphatic heterocycles. The minimum atomic E-state index is -4.35. The summed E-state index contributed by atoms with van der Waals surface area (Å²) in [6.07, 6.45) is 41.5. The Kier molecular flexibility index (Phi) is 41.4. The highest BCUT2D eigenvalue weighted by Gasteiger charge is 2.26. The Morgan fingerprint density at radius 3 is 1.14 bits per heavy atom. The summed E-state index contributed by atoms with van der Waals surface area (Å²) in [6, 6.07) is 0. The Balaban J connectivity index is 4.13. The van der Waals surface area contributed by atoms with Gasteiger partial charge in [0.2, 0.25) is 0 Å². The van der Waals surface area contributed by atoms with Gasteiger partial charge in [0.05, 0.1) is 13.2 Å². The Labute approximate surface area is 346 Å². The first kappa shape index (κ1) is 55.0.